The summed E-state index contributed by atoms with van der Waals surface area (Å²) in [6, 6.07) is 4.38. The third-order valence-corrected chi connectivity index (χ3v) is 2.95. The van der Waals surface area contributed by atoms with Crippen molar-refractivity contribution in [2.75, 3.05) is 6.61 Å². The van der Waals surface area contributed by atoms with Crippen molar-refractivity contribution < 1.29 is 4.74 Å². The number of unbranched alkanes of at least 4 members (excludes halogenated alkanes) is 1. The van der Waals surface area contributed by atoms with E-state index in [1.165, 1.54) is 16.7 Å². The van der Waals surface area contributed by atoms with Gasteiger partial charge >= 0.3 is 0 Å². The fourth-order valence-corrected chi connectivity index (χ4v) is 1.93. The second-order valence-electron chi connectivity index (χ2n) is 4.58. The molecule has 0 aliphatic heterocycles. The maximum absolute atomic E-state index is 5.60. The lowest BCUT2D eigenvalue weighted by Gasteiger charge is -2.11. The summed E-state index contributed by atoms with van der Waals surface area (Å²) < 4.78 is 5.60. The molecule has 0 bridgehead atoms. The number of hydrogen-bond acceptors (Lipinski definition) is 1. The predicted octanol–water partition coefficient (Wildman–Crippen LogP) is 4.44. The average molecular weight is 244 g/mol. The van der Waals surface area contributed by atoms with Crippen molar-refractivity contribution >= 4 is 0 Å². The maximum Gasteiger partial charge on any atom is 0.122 e. The number of aryl methyl sites for hydroxylation is 3. The van der Waals surface area contributed by atoms with E-state index in [-0.39, 0.29) is 0 Å². The third kappa shape index (κ3) is 4.45. The highest BCUT2D eigenvalue weighted by molar-refractivity contribution is 5.41. The largest absolute Gasteiger partial charge is 0.494 e. The average Bonchev–Trinajstić information content (AvgIpc) is 2.35. The van der Waals surface area contributed by atoms with E-state index >= 15 is 0 Å². The van der Waals surface area contributed by atoms with Gasteiger partial charge in [-0.1, -0.05) is 13.0 Å². The molecule has 0 N–H and O–H groups in total. The van der Waals surface area contributed by atoms with E-state index in [0.717, 1.165) is 38.0 Å². The fourth-order valence-electron chi connectivity index (χ4n) is 1.93. The van der Waals surface area contributed by atoms with Crippen LogP contribution < -0.4 is 4.74 Å². The Bertz CT molecular complexity index is 435. The summed E-state index contributed by atoms with van der Waals surface area (Å²) in [7, 11) is 0. The van der Waals surface area contributed by atoms with Crippen LogP contribution in [0.2, 0.25) is 0 Å². The number of rotatable bonds is 5. The van der Waals surface area contributed by atoms with E-state index in [1.54, 1.807) is 0 Å². The van der Waals surface area contributed by atoms with Gasteiger partial charge in [0.15, 0.2) is 0 Å². The second kappa shape index (κ2) is 7.82. The van der Waals surface area contributed by atoms with Crippen LogP contribution >= 0.6 is 0 Å². The maximum atomic E-state index is 5.60. The van der Waals surface area contributed by atoms with Crippen LogP contribution in [0, 0.1) is 25.7 Å². The molecule has 0 radical (unpaired) electrons. The normalized spacial score (nSPS) is 9.78. The first-order valence-corrected chi connectivity index (χ1v) is 6.87. The van der Waals surface area contributed by atoms with Gasteiger partial charge in [0, 0.05) is 12.8 Å². The fraction of sp³-hybridized carbons (Fsp3) is 0.529. The van der Waals surface area contributed by atoms with Gasteiger partial charge in [0.2, 0.25) is 0 Å². The summed E-state index contributed by atoms with van der Waals surface area (Å²) in [6.07, 6.45) is 4.15. The molecule has 18 heavy (non-hydrogen) atoms. The summed E-state index contributed by atoms with van der Waals surface area (Å²) in [5.74, 6) is 7.45. The summed E-state index contributed by atoms with van der Waals surface area (Å²) in [4.78, 5) is 0. The molecule has 1 rings (SSSR count). The van der Waals surface area contributed by atoms with E-state index in [9.17, 15) is 0 Å². The van der Waals surface area contributed by atoms with Crippen LogP contribution in [0.3, 0.4) is 0 Å². The van der Waals surface area contributed by atoms with Crippen molar-refractivity contribution in [1.29, 1.82) is 0 Å². The Kier molecular flexibility index (Phi) is 6.36. The Labute approximate surface area is 112 Å². The second-order valence-corrected chi connectivity index (χ2v) is 4.58. The van der Waals surface area contributed by atoms with E-state index in [0.29, 0.717) is 0 Å². The number of hydrogen-bond donors (Lipinski definition) is 0. The zero-order chi connectivity index (χ0) is 13.4. The van der Waals surface area contributed by atoms with E-state index in [4.69, 9.17) is 4.74 Å². The van der Waals surface area contributed by atoms with Crippen LogP contribution in [0.5, 0.6) is 5.75 Å². The highest BCUT2D eigenvalue weighted by atomic mass is 16.5. The highest BCUT2D eigenvalue weighted by Crippen LogP contribution is 2.23. The molecule has 0 aliphatic rings. The molecule has 1 aromatic carbocycles. The van der Waals surface area contributed by atoms with Gasteiger partial charge in [-0.15, -0.1) is 11.8 Å². The monoisotopic (exact) mass is 244 g/mol. The Morgan fingerprint density at radius 2 is 1.72 bits per heavy atom. The topological polar surface area (TPSA) is 9.23 Å². The van der Waals surface area contributed by atoms with Crippen molar-refractivity contribution in [1.82, 2.24) is 0 Å². The van der Waals surface area contributed by atoms with E-state index in [1.807, 2.05) is 6.92 Å². The molecule has 0 aromatic heterocycles. The van der Waals surface area contributed by atoms with Crippen molar-refractivity contribution in [3.63, 3.8) is 0 Å². The first-order chi connectivity index (χ1) is 8.69. The van der Waals surface area contributed by atoms with Gasteiger partial charge in [-0.3, -0.25) is 0 Å². The Hall–Kier alpha value is -1.42. The molecule has 0 fully saturated rings. The third-order valence-electron chi connectivity index (χ3n) is 2.95. The molecule has 98 valence electrons. The van der Waals surface area contributed by atoms with Crippen LogP contribution in [0.25, 0.3) is 0 Å². The number of ether oxygens (including phenoxy) is 1. The van der Waals surface area contributed by atoms with E-state index in [2.05, 4.69) is 44.7 Å². The first-order valence-electron chi connectivity index (χ1n) is 6.87. The molecule has 0 spiro atoms. The van der Waals surface area contributed by atoms with Gasteiger partial charge in [0.1, 0.15) is 5.75 Å². The zero-order valence-electron chi connectivity index (χ0n) is 12.1. The molecule has 0 saturated carbocycles. The lowest BCUT2D eigenvalue weighted by atomic mass is 10.0. The van der Waals surface area contributed by atoms with Crippen molar-refractivity contribution in [2.24, 2.45) is 0 Å². The van der Waals surface area contributed by atoms with Crippen LogP contribution in [0.4, 0.5) is 0 Å². The van der Waals surface area contributed by atoms with Crippen molar-refractivity contribution in [2.45, 2.75) is 53.4 Å². The molecule has 0 unspecified atom stereocenters. The quantitative estimate of drug-likeness (QED) is 0.696. The molecule has 1 nitrogen and oxygen atoms in total. The summed E-state index contributed by atoms with van der Waals surface area (Å²) in [6.45, 7) is 9.16. The molecule has 0 atom stereocenters. The summed E-state index contributed by atoms with van der Waals surface area (Å²) in [5.41, 5.74) is 3.92. The van der Waals surface area contributed by atoms with Crippen LogP contribution in [0.15, 0.2) is 12.1 Å². The van der Waals surface area contributed by atoms with Crippen molar-refractivity contribution in [3.8, 4) is 17.6 Å². The Morgan fingerprint density at radius 1 is 1.00 bits per heavy atom. The van der Waals surface area contributed by atoms with E-state index < -0.39 is 0 Å². The van der Waals surface area contributed by atoms with Gasteiger partial charge in [0.25, 0.3) is 0 Å². The minimum Gasteiger partial charge on any atom is -0.494 e. The molecule has 1 aromatic rings. The van der Waals surface area contributed by atoms with Gasteiger partial charge in [-0.25, -0.2) is 0 Å². The highest BCUT2D eigenvalue weighted by Gasteiger charge is 2.04. The molecule has 0 amide bonds. The SMILES string of the molecule is CCCC#CCCc1cc(C)c(OCC)cc1C. The van der Waals surface area contributed by atoms with Crippen LogP contribution in [0.1, 0.15) is 49.8 Å². The Morgan fingerprint density at radius 3 is 2.39 bits per heavy atom. The lowest BCUT2D eigenvalue weighted by Crippen LogP contribution is -1.97. The van der Waals surface area contributed by atoms with Crippen LogP contribution in [-0.2, 0) is 6.42 Å². The number of benzene rings is 1. The minimum absolute atomic E-state index is 0.724. The van der Waals surface area contributed by atoms with Gasteiger partial charge in [0.05, 0.1) is 6.61 Å². The van der Waals surface area contributed by atoms with Crippen LogP contribution in [-0.4, -0.2) is 6.61 Å². The molecule has 1 heteroatoms. The zero-order valence-corrected chi connectivity index (χ0v) is 12.1. The smallest absolute Gasteiger partial charge is 0.122 e. The molecule has 0 saturated heterocycles. The standard InChI is InChI=1S/C17H24O/c1-5-7-8-9-10-11-16-12-15(4)17(18-6-2)13-14(16)3/h12-13H,5-7,10-11H2,1-4H3. The van der Waals surface area contributed by atoms with Gasteiger partial charge < -0.3 is 4.74 Å². The van der Waals surface area contributed by atoms with Crippen molar-refractivity contribution in [3.05, 3.63) is 28.8 Å². The summed E-state index contributed by atoms with van der Waals surface area (Å²) in [5, 5.41) is 0. The predicted molar refractivity (Wildman–Crippen MR) is 78.1 cm³/mol. The Balaban J connectivity index is 2.67. The molecular weight excluding hydrogens is 220 g/mol. The first kappa shape index (κ1) is 14.6. The molecular formula is C17H24O. The molecule has 0 aliphatic carbocycles. The molecule has 0 heterocycles. The summed E-state index contributed by atoms with van der Waals surface area (Å²) >= 11 is 0. The van der Waals surface area contributed by atoms with Gasteiger partial charge in [-0.05, 0) is 56.4 Å². The minimum atomic E-state index is 0.724. The van der Waals surface area contributed by atoms with Gasteiger partial charge in [-0.2, -0.15) is 0 Å². The lowest BCUT2D eigenvalue weighted by molar-refractivity contribution is 0.337.